The van der Waals surface area contributed by atoms with Crippen molar-refractivity contribution in [3.63, 3.8) is 0 Å². The maximum absolute atomic E-state index is 13.4. The van der Waals surface area contributed by atoms with Crippen molar-refractivity contribution in [3.05, 3.63) is 45.2 Å². The molecule has 1 atom stereocenters. The van der Waals surface area contributed by atoms with E-state index in [0.29, 0.717) is 22.9 Å². The maximum atomic E-state index is 13.4. The minimum Gasteiger partial charge on any atom is -0.454 e. The molecule has 0 saturated heterocycles. The number of hydrogen-bond donors (Lipinski definition) is 2. The molecular formula is C19H18ClN3O7S2. The molecule has 4 rings (SSSR count). The minimum absolute atomic E-state index is 0.0211. The zero-order chi connectivity index (χ0) is 23.0. The van der Waals surface area contributed by atoms with Gasteiger partial charge in [-0.05, 0) is 37.4 Å². The van der Waals surface area contributed by atoms with Gasteiger partial charge in [0.2, 0.25) is 6.79 Å². The summed E-state index contributed by atoms with van der Waals surface area (Å²) in [5, 5.41) is 15.1. The van der Waals surface area contributed by atoms with E-state index < -0.39 is 22.0 Å². The predicted molar refractivity (Wildman–Crippen MR) is 117 cm³/mol. The highest BCUT2D eigenvalue weighted by Crippen LogP contribution is 2.37. The number of hydrogen-bond acceptors (Lipinski definition) is 9. The molecule has 1 aromatic carbocycles. The van der Waals surface area contributed by atoms with E-state index >= 15 is 0 Å². The summed E-state index contributed by atoms with van der Waals surface area (Å²) in [7, 11) is -4.22. The second-order valence-corrected chi connectivity index (χ2v) is 9.88. The van der Waals surface area contributed by atoms with Gasteiger partial charge in [0.25, 0.3) is 21.8 Å². The highest BCUT2D eigenvalue weighted by Gasteiger charge is 2.31. The van der Waals surface area contributed by atoms with E-state index in [-0.39, 0.29) is 34.0 Å². The number of amides is 1. The topological polar surface area (TPSA) is 131 Å². The number of ether oxygens (including phenoxy) is 2. The number of thiophene rings is 1. The Morgan fingerprint density at radius 1 is 1.34 bits per heavy atom. The Kier molecular flexibility index (Phi) is 6.03. The number of anilines is 2. The molecule has 2 aromatic heterocycles. The fraction of sp³-hybridized carbons (Fsp3) is 0.263. The molecular weight excluding hydrogens is 482 g/mol. The number of aromatic nitrogens is 1. The number of sulfonamides is 1. The van der Waals surface area contributed by atoms with Crippen LogP contribution in [-0.2, 0) is 10.0 Å². The first-order valence-electron chi connectivity index (χ1n) is 9.29. The van der Waals surface area contributed by atoms with Crippen molar-refractivity contribution in [2.45, 2.75) is 24.8 Å². The molecule has 1 amide bonds. The lowest BCUT2D eigenvalue weighted by molar-refractivity contribution is 0.0968. The number of carbonyl (C=O) groups excluding carboxylic acids is 1. The van der Waals surface area contributed by atoms with E-state index in [1.165, 1.54) is 23.3 Å². The van der Waals surface area contributed by atoms with Crippen LogP contribution in [0.2, 0.25) is 5.02 Å². The van der Waals surface area contributed by atoms with E-state index in [1.54, 1.807) is 25.1 Å². The molecule has 0 radical (unpaired) electrons. The first-order valence-corrected chi connectivity index (χ1v) is 12.0. The van der Waals surface area contributed by atoms with Crippen LogP contribution in [0.15, 0.2) is 39.1 Å². The molecule has 1 aliphatic heterocycles. The van der Waals surface area contributed by atoms with Crippen molar-refractivity contribution in [1.82, 2.24) is 5.16 Å². The van der Waals surface area contributed by atoms with E-state index in [1.807, 2.05) is 0 Å². The molecule has 0 aliphatic carbocycles. The summed E-state index contributed by atoms with van der Waals surface area (Å²) < 4.78 is 43.8. The van der Waals surface area contributed by atoms with Gasteiger partial charge in [0, 0.05) is 11.8 Å². The van der Waals surface area contributed by atoms with Crippen LogP contribution < -0.4 is 19.1 Å². The van der Waals surface area contributed by atoms with Gasteiger partial charge in [0.15, 0.2) is 11.5 Å². The molecule has 1 unspecified atom stereocenters. The third-order valence-corrected chi connectivity index (χ3v) is 7.34. The number of nitrogens with one attached hydrogen (secondary N) is 1. The summed E-state index contributed by atoms with van der Waals surface area (Å²) in [4.78, 5) is 14.4. The summed E-state index contributed by atoms with van der Waals surface area (Å²) in [5.41, 5.74) is 0.732. The molecule has 3 heterocycles. The molecule has 3 aromatic rings. The van der Waals surface area contributed by atoms with Gasteiger partial charge in [0.05, 0.1) is 12.6 Å². The third-order valence-electron chi connectivity index (χ3n) is 4.49. The van der Waals surface area contributed by atoms with E-state index in [4.69, 9.17) is 25.6 Å². The fourth-order valence-electron chi connectivity index (χ4n) is 3.01. The number of halogens is 1. The minimum atomic E-state index is -4.22. The molecule has 2 N–H and O–H groups in total. The summed E-state index contributed by atoms with van der Waals surface area (Å²) >= 11 is 6.96. The van der Waals surface area contributed by atoms with Crippen molar-refractivity contribution in [1.29, 1.82) is 0 Å². The quantitative estimate of drug-likeness (QED) is 0.506. The lowest BCUT2D eigenvalue weighted by Gasteiger charge is -2.24. The normalized spacial score (nSPS) is 13.8. The van der Waals surface area contributed by atoms with Gasteiger partial charge >= 0.3 is 0 Å². The first-order chi connectivity index (χ1) is 15.2. The predicted octanol–water partition coefficient (Wildman–Crippen LogP) is 3.26. The summed E-state index contributed by atoms with van der Waals surface area (Å²) in [6.45, 7) is 3.07. The number of carbonyl (C=O) groups is 1. The summed E-state index contributed by atoms with van der Waals surface area (Å²) in [6.07, 6.45) is -0.876. The third kappa shape index (κ3) is 4.26. The Labute approximate surface area is 192 Å². The van der Waals surface area contributed by atoms with Crippen LogP contribution in [0.1, 0.15) is 22.3 Å². The average molecular weight is 500 g/mol. The highest BCUT2D eigenvalue weighted by atomic mass is 35.5. The number of aryl methyl sites for hydroxylation is 1. The monoisotopic (exact) mass is 499 g/mol. The van der Waals surface area contributed by atoms with Crippen LogP contribution in [0.5, 0.6) is 11.5 Å². The fourth-order valence-corrected chi connectivity index (χ4v) is 5.55. The first kappa shape index (κ1) is 22.4. The van der Waals surface area contributed by atoms with Gasteiger partial charge in [0.1, 0.15) is 20.5 Å². The Bertz CT molecular complexity index is 1270. The second-order valence-electron chi connectivity index (χ2n) is 6.93. The van der Waals surface area contributed by atoms with Crippen molar-refractivity contribution in [2.75, 3.05) is 23.0 Å². The van der Waals surface area contributed by atoms with Crippen LogP contribution in [0.25, 0.3) is 0 Å². The van der Waals surface area contributed by atoms with E-state index in [9.17, 15) is 18.3 Å². The SMILES string of the molecule is Cc1noc(NS(=O)(=O)c2ccsc2C(=O)N(CC(C)O)c2ccc3c(c2)OCO3)c1Cl. The number of benzene rings is 1. The number of nitrogens with zero attached hydrogens (tertiary/aromatic N) is 2. The van der Waals surface area contributed by atoms with Crippen molar-refractivity contribution in [3.8, 4) is 11.5 Å². The molecule has 32 heavy (non-hydrogen) atoms. The van der Waals surface area contributed by atoms with Gasteiger partial charge in [-0.15, -0.1) is 11.3 Å². The molecule has 0 saturated carbocycles. The van der Waals surface area contributed by atoms with Crippen molar-refractivity contribution < 1.29 is 32.3 Å². The summed E-state index contributed by atoms with van der Waals surface area (Å²) in [6, 6.07) is 6.17. The molecule has 170 valence electrons. The molecule has 1 aliphatic rings. The Balaban J connectivity index is 1.69. The highest BCUT2D eigenvalue weighted by molar-refractivity contribution is 7.93. The number of aliphatic hydroxyl groups excluding tert-OH is 1. The Morgan fingerprint density at radius 3 is 2.78 bits per heavy atom. The standard InChI is InChI=1S/C19H18ClN3O7S2/c1-10(24)8-23(12-3-4-13-14(7-12)29-9-28-13)19(25)17-15(5-6-31-17)32(26,27)22-18-16(20)11(2)21-30-18/h3-7,10,22,24H,8-9H2,1-2H3. The molecule has 10 nitrogen and oxygen atoms in total. The van der Waals surface area contributed by atoms with Crippen LogP contribution in [0.3, 0.4) is 0 Å². The molecule has 0 bridgehead atoms. The average Bonchev–Trinajstić information content (AvgIpc) is 3.48. The van der Waals surface area contributed by atoms with Crippen molar-refractivity contribution in [2.24, 2.45) is 0 Å². The maximum Gasteiger partial charge on any atom is 0.269 e. The molecule has 13 heteroatoms. The number of rotatable bonds is 7. The zero-order valence-corrected chi connectivity index (χ0v) is 19.3. The zero-order valence-electron chi connectivity index (χ0n) is 16.9. The van der Waals surface area contributed by atoms with Gasteiger partial charge in [-0.25, -0.2) is 13.1 Å². The lowest BCUT2D eigenvalue weighted by atomic mass is 10.2. The largest absolute Gasteiger partial charge is 0.454 e. The van der Waals surface area contributed by atoms with Crippen LogP contribution in [0.4, 0.5) is 11.6 Å². The molecule has 0 fully saturated rings. The Hall–Kier alpha value is -2.80. The van der Waals surface area contributed by atoms with E-state index in [2.05, 4.69) is 9.88 Å². The van der Waals surface area contributed by atoms with Crippen LogP contribution in [-0.4, -0.2) is 44.0 Å². The Morgan fingerprint density at radius 2 is 2.09 bits per heavy atom. The van der Waals surface area contributed by atoms with Crippen molar-refractivity contribution >= 4 is 50.4 Å². The van der Waals surface area contributed by atoms with Gasteiger partial charge in [-0.2, -0.15) is 0 Å². The van der Waals surface area contributed by atoms with Crippen LogP contribution >= 0.6 is 22.9 Å². The van der Waals surface area contributed by atoms with Crippen LogP contribution in [0, 0.1) is 6.92 Å². The summed E-state index contributed by atoms with van der Waals surface area (Å²) in [5.74, 6) is 0.119. The van der Waals surface area contributed by atoms with E-state index in [0.717, 1.165) is 11.3 Å². The number of aliphatic hydroxyl groups is 1. The van der Waals surface area contributed by atoms with Gasteiger partial charge < -0.3 is 24.0 Å². The van der Waals surface area contributed by atoms with Gasteiger partial charge in [-0.1, -0.05) is 16.8 Å². The smallest absolute Gasteiger partial charge is 0.269 e. The second kappa shape index (κ2) is 8.62. The molecule has 0 spiro atoms. The lowest BCUT2D eigenvalue weighted by Crippen LogP contribution is -2.37. The number of fused-ring (bicyclic) bond motifs is 1. The van der Waals surface area contributed by atoms with Gasteiger partial charge in [-0.3, -0.25) is 4.79 Å².